The van der Waals surface area contributed by atoms with Gasteiger partial charge in [-0.15, -0.1) is 0 Å². The van der Waals surface area contributed by atoms with E-state index in [-0.39, 0.29) is 5.96 Å². The first-order valence-corrected chi connectivity index (χ1v) is 3.88. The summed E-state index contributed by atoms with van der Waals surface area (Å²) in [5.41, 5.74) is 9.57. The summed E-state index contributed by atoms with van der Waals surface area (Å²) >= 11 is 0. The summed E-state index contributed by atoms with van der Waals surface area (Å²) < 4.78 is 0. The quantitative estimate of drug-likeness (QED) is 0.324. The van der Waals surface area contributed by atoms with E-state index in [1.165, 1.54) is 6.92 Å². The van der Waals surface area contributed by atoms with Gasteiger partial charge in [0.1, 0.15) is 5.54 Å². The van der Waals surface area contributed by atoms with Crippen LogP contribution in [0.2, 0.25) is 0 Å². The van der Waals surface area contributed by atoms with Gasteiger partial charge in [-0.1, -0.05) is 0 Å². The predicted octanol–water partition coefficient (Wildman–Crippen LogP) is -1.29. The number of carbonyl (C=O) groups is 1. The molecule has 6 N–H and O–H groups in total. The van der Waals surface area contributed by atoms with Crippen LogP contribution < -0.4 is 16.8 Å². The van der Waals surface area contributed by atoms with Crippen molar-refractivity contribution in [3.63, 3.8) is 0 Å². The molecule has 13 heavy (non-hydrogen) atoms. The average Bonchev–Trinajstić information content (AvgIpc) is 2.03. The molecule has 0 saturated heterocycles. The lowest BCUT2D eigenvalue weighted by Gasteiger charge is -2.18. The lowest BCUT2D eigenvalue weighted by atomic mass is 10.00. The SMILES string of the molecule is C/N=C(\N)NCCC(C)(N)C(=O)O. The largest absolute Gasteiger partial charge is 0.480 e. The Bertz CT molecular complexity index is 213. The molecule has 0 aliphatic heterocycles. The van der Waals surface area contributed by atoms with Crippen molar-refractivity contribution in [1.29, 1.82) is 0 Å². The highest BCUT2D eigenvalue weighted by molar-refractivity contribution is 5.79. The minimum atomic E-state index is -1.22. The molecule has 6 heteroatoms. The molecule has 0 bridgehead atoms. The predicted molar refractivity (Wildman–Crippen MR) is 50.4 cm³/mol. The third kappa shape index (κ3) is 4.32. The Morgan fingerprint density at radius 2 is 2.23 bits per heavy atom. The Balaban J connectivity index is 3.83. The van der Waals surface area contributed by atoms with E-state index in [1.54, 1.807) is 7.05 Å². The van der Waals surface area contributed by atoms with Crippen LogP contribution in [0.4, 0.5) is 0 Å². The molecular weight excluding hydrogens is 172 g/mol. The molecule has 0 amide bonds. The van der Waals surface area contributed by atoms with Crippen LogP contribution in [-0.4, -0.2) is 36.2 Å². The molecule has 0 radical (unpaired) electrons. The molecule has 0 aromatic rings. The van der Waals surface area contributed by atoms with Crippen LogP contribution in [0.15, 0.2) is 4.99 Å². The van der Waals surface area contributed by atoms with E-state index in [4.69, 9.17) is 16.6 Å². The first-order chi connectivity index (χ1) is 5.90. The second-order valence-electron chi connectivity index (χ2n) is 3.01. The molecule has 1 atom stereocenters. The van der Waals surface area contributed by atoms with Crippen molar-refractivity contribution in [2.24, 2.45) is 16.5 Å². The van der Waals surface area contributed by atoms with Crippen LogP contribution in [-0.2, 0) is 4.79 Å². The Morgan fingerprint density at radius 1 is 1.69 bits per heavy atom. The van der Waals surface area contributed by atoms with Gasteiger partial charge in [0.25, 0.3) is 0 Å². The van der Waals surface area contributed by atoms with Crippen LogP contribution in [0.3, 0.4) is 0 Å². The molecule has 0 aliphatic carbocycles. The minimum absolute atomic E-state index is 0.279. The summed E-state index contributed by atoms with van der Waals surface area (Å²) in [6.45, 7) is 1.85. The zero-order chi connectivity index (χ0) is 10.5. The first kappa shape index (κ1) is 11.7. The van der Waals surface area contributed by atoms with Crippen molar-refractivity contribution in [3.8, 4) is 0 Å². The Labute approximate surface area is 77.0 Å². The third-order valence-corrected chi connectivity index (χ3v) is 1.68. The topological polar surface area (TPSA) is 114 Å². The number of nitrogens with zero attached hydrogens (tertiary/aromatic N) is 1. The number of hydrogen-bond acceptors (Lipinski definition) is 3. The van der Waals surface area contributed by atoms with Gasteiger partial charge in [0.05, 0.1) is 0 Å². The highest BCUT2D eigenvalue weighted by Crippen LogP contribution is 2.03. The lowest BCUT2D eigenvalue weighted by Crippen LogP contribution is -2.47. The van der Waals surface area contributed by atoms with Crippen molar-refractivity contribution in [3.05, 3.63) is 0 Å². The fourth-order valence-corrected chi connectivity index (χ4v) is 0.636. The van der Waals surface area contributed by atoms with Crippen molar-refractivity contribution >= 4 is 11.9 Å². The molecule has 0 rings (SSSR count). The number of rotatable bonds is 4. The number of aliphatic imine (C=N–C) groups is 1. The highest BCUT2D eigenvalue weighted by atomic mass is 16.4. The van der Waals surface area contributed by atoms with E-state index in [0.29, 0.717) is 13.0 Å². The van der Waals surface area contributed by atoms with Crippen molar-refractivity contribution in [2.75, 3.05) is 13.6 Å². The molecule has 0 aliphatic rings. The summed E-state index contributed by atoms with van der Waals surface area (Å²) in [5, 5.41) is 11.4. The van der Waals surface area contributed by atoms with Gasteiger partial charge in [-0.3, -0.25) is 9.79 Å². The number of nitrogens with two attached hydrogens (primary N) is 2. The summed E-state index contributed by atoms with van der Waals surface area (Å²) in [5.74, 6) is -0.748. The van der Waals surface area contributed by atoms with E-state index in [9.17, 15) is 4.79 Å². The average molecular weight is 188 g/mol. The van der Waals surface area contributed by atoms with Gasteiger partial charge in [0.15, 0.2) is 5.96 Å². The van der Waals surface area contributed by atoms with E-state index < -0.39 is 11.5 Å². The summed E-state index contributed by atoms with van der Waals surface area (Å²) in [7, 11) is 1.54. The molecule has 6 nitrogen and oxygen atoms in total. The molecule has 0 fully saturated rings. The molecule has 0 heterocycles. The Hall–Kier alpha value is -1.30. The van der Waals surface area contributed by atoms with Gasteiger partial charge in [0, 0.05) is 13.6 Å². The normalized spacial score (nSPS) is 16.4. The Kier molecular flexibility index (Phi) is 4.19. The van der Waals surface area contributed by atoms with Crippen LogP contribution in [0.5, 0.6) is 0 Å². The molecule has 0 spiro atoms. The maximum Gasteiger partial charge on any atom is 0.323 e. The van der Waals surface area contributed by atoms with Crippen molar-refractivity contribution in [1.82, 2.24) is 5.32 Å². The minimum Gasteiger partial charge on any atom is -0.480 e. The molecule has 0 aromatic carbocycles. The number of hydrogen-bond donors (Lipinski definition) is 4. The molecule has 1 unspecified atom stereocenters. The van der Waals surface area contributed by atoms with E-state index in [1.807, 2.05) is 0 Å². The van der Waals surface area contributed by atoms with Gasteiger partial charge in [-0.05, 0) is 13.3 Å². The lowest BCUT2D eigenvalue weighted by molar-refractivity contribution is -0.142. The van der Waals surface area contributed by atoms with Gasteiger partial charge in [-0.2, -0.15) is 0 Å². The van der Waals surface area contributed by atoms with Crippen molar-refractivity contribution < 1.29 is 9.90 Å². The molecular formula is C7H16N4O2. The third-order valence-electron chi connectivity index (χ3n) is 1.68. The smallest absolute Gasteiger partial charge is 0.323 e. The fourth-order valence-electron chi connectivity index (χ4n) is 0.636. The van der Waals surface area contributed by atoms with Gasteiger partial charge in [-0.25, -0.2) is 0 Å². The van der Waals surface area contributed by atoms with Gasteiger partial charge >= 0.3 is 5.97 Å². The number of guanidine groups is 1. The second-order valence-corrected chi connectivity index (χ2v) is 3.01. The maximum absolute atomic E-state index is 10.6. The number of nitrogens with one attached hydrogen (secondary N) is 1. The number of aliphatic carboxylic acids is 1. The molecule has 0 aromatic heterocycles. The zero-order valence-electron chi connectivity index (χ0n) is 7.87. The standard InChI is InChI=1S/C7H16N4O2/c1-7(9,5(12)13)3-4-11-6(8)10-2/h3-4,9H2,1-2H3,(H,12,13)(H3,8,10,11). The van der Waals surface area contributed by atoms with E-state index >= 15 is 0 Å². The van der Waals surface area contributed by atoms with E-state index in [0.717, 1.165) is 0 Å². The van der Waals surface area contributed by atoms with Crippen LogP contribution >= 0.6 is 0 Å². The van der Waals surface area contributed by atoms with Gasteiger partial charge in [0.2, 0.25) is 0 Å². The summed E-state index contributed by atoms with van der Waals surface area (Å²) in [6, 6.07) is 0. The summed E-state index contributed by atoms with van der Waals surface area (Å²) in [4.78, 5) is 14.2. The summed E-state index contributed by atoms with van der Waals surface area (Å²) in [6.07, 6.45) is 0.290. The van der Waals surface area contributed by atoms with Crippen molar-refractivity contribution in [2.45, 2.75) is 18.9 Å². The monoisotopic (exact) mass is 188 g/mol. The fraction of sp³-hybridized carbons (Fsp3) is 0.714. The molecule has 0 saturated carbocycles. The first-order valence-electron chi connectivity index (χ1n) is 3.88. The second kappa shape index (κ2) is 4.66. The zero-order valence-corrected chi connectivity index (χ0v) is 7.87. The Morgan fingerprint density at radius 3 is 2.62 bits per heavy atom. The van der Waals surface area contributed by atoms with Crippen LogP contribution in [0.25, 0.3) is 0 Å². The number of carboxylic acids is 1. The van der Waals surface area contributed by atoms with Crippen LogP contribution in [0.1, 0.15) is 13.3 Å². The van der Waals surface area contributed by atoms with Crippen LogP contribution in [0, 0.1) is 0 Å². The maximum atomic E-state index is 10.6. The number of carboxylic acid groups (broad SMARTS) is 1. The highest BCUT2D eigenvalue weighted by Gasteiger charge is 2.26. The van der Waals surface area contributed by atoms with Gasteiger partial charge < -0.3 is 21.9 Å². The molecule has 76 valence electrons. The van der Waals surface area contributed by atoms with E-state index in [2.05, 4.69) is 10.3 Å².